The Hall–Kier alpha value is -5.02. The number of benzene rings is 3. The molecule has 0 radical (unpaired) electrons. The van der Waals surface area contributed by atoms with E-state index in [0.717, 1.165) is 5.56 Å². The molecule has 0 aliphatic heterocycles. The molecule has 0 saturated carbocycles. The third kappa shape index (κ3) is 5.69. The predicted octanol–water partition coefficient (Wildman–Crippen LogP) is 6.15. The van der Waals surface area contributed by atoms with Gasteiger partial charge in [-0.2, -0.15) is 0 Å². The van der Waals surface area contributed by atoms with Crippen molar-refractivity contribution in [1.82, 2.24) is 19.4 Å². The highest BCUT2D eigenvalue weighted by Crippen LogP contribution is 2.27. The SMILES string of the molecule is CN(O)C(=O)c1ccc(Nc2nc(-c3cccc(NC(=O)c4ccc(C(C)(C)C)cc4)c3)cn3ccnc23)cc1. The maximum atomic E-state index is 12.9. The number of rotatable bonds is 6. The van der Waals surface area contributed by atoms with Crippen LogP contribution < -0.4 is 10.6 Å². The van der Waals surface area contributed by atoms with Crippen LogP contribution in [0, 0.1) is 0 Å². The largest absolute Gasteiger partial charge is 0.337 e. The fourth-order valence-electron chi connectivity index (χ4n) is 4.26. The first-order valence-electron chi connectivity index (χ1n) is 12.8. The third-order valence-electron chi connectivity index (χ3n) is 6.49. The molecule has 2 heterocycles. The average Bonchev–Trinajstić information content (AvgIpc) is 3.42. The summed E-state index contributed by atoms with van der Waals surface area (Å²) in [6.45, 7) is 6.42. The van der Waals surface area contributed by atoms with Crippen LogP contribution in [-0.4, -0.2) is 43.5 Å². The maximum absolute atomic E-state index is 12.9. The quantitative estimate of drug-likeness (QED) is 0.178. The highest BCUT2D eigenvalue weighted by atomic mass is 16.5. The van der Waals surface area contributed by atoms with Gasteiger partial charge in [0.05, 0.1) is 5.69 Å². The Morgan fingerprint density at radius 1 is 0.925 bits per heavy atom. The molecule has 0 fully saturated rings. The molecule has 0 spiro atoms. The Morgan fingerprint density at radius 3 is 2.30 bits per heavy atom. The topological polar surface area (TPSA) is 112 Å². The highest BCUT2D eigenvalue weighted by molar-refractivity contribution is 6.04. The van der Waals surface area contributed by atoms with Gasteiger partial charge in [0.2, 0.25) is 0 Å². The number of hydroxylamine groups is 2. The Bertz CT molecular complexity index is 1680. The molecule has 0 aliphatic carbocycles. The van der Waals surface area contributed by atoms with Crippen molar-refractivity contribution in [2.24, 2.45) is 0 Å². The summed E-state index contributed by atoms with van der Waals surface area (Å²) in [4.78, 5) is 34.2. The second kappa shape index (κ2) is 10.6. The molecule has 0 bridgehead atoms. The zero-order chi connectivity index (χ0) is 28.4. The zero-order valence-electron chi connectivity index (χ0n) is 22.7. The molecule has 3 aromatic carbocycles. The Labute approximate surface area is 232 Å². The van der Waals surface area contributed by atoms with Crippen molar-refractivity contribution >= 4 is 34.7 Å². The van der Waals surface area contributed by atoms with Crippen LogP contribution in [0.4, 0.5) is 17.2 Å². The van der Waals surface area contributed by atoms with E-state index in [9.17, 15) is 14.8 Å². The predicted molar refractivity (Wildman–Crippen MR) is 155 cm³/mol. The van der Waals surface area contributed by atoms with Gasteiger partial charge in [-0.15, -0.1) is 0 Å². The molecular weight excluding hydrogens is 504 g/mol. The van der Waals surface area contributed by atoms with Gasteiger partial charge in [0.25, 0.3) is 11.8 Å². The first-order valence-corrected chi connectivity index (χ1v) is 12.8. The number of aromatic nitrogens is 3. The van der Waals surface area contributed by atoms with Crippen molar-refractivity contribution in [2.75, 3.05) is 17.7 Å². The van der Waals surface area contributed by atoms with E-state index >= 15 is 0 Å². The maximum Gasteiger partial charge on any atom is 0.276 e. The van der Waals surface area contributed by atoms with Crippen LogP contribution in [-0.2, 0) is 5.41 Å². The molecule has 5 aromatic rings. The molecule has 0 atom stereocenters. The number of hydrogen-bond acceptors (Lipinski definition) is 6. The summed E-state index contributed by atoms with van der Waals surface area (Å²) in [7, 11) is 1.28. The van der Waals surface area contributed by atoms with Gasteiger partial charge in [-0.1, -0.05) is 45.0 Å². The highest BCUT2D eigenvalue weighted by Gasteiger charge is 2.15. The van der Waals surface area contributed by atoms with Gasteiger partial charge < -0.3 is 15.0 Å². The summed E-state index contributed by atoms with van der Waals surface area (Å²) in [6, 6.07) is 21.9. The van der Waals surface area contributed by atoms with Gasteiger partial charge in [0, 0.05) is 53.7 Å². The number of carbonyl (C=O) groups is 2. The lowest BCUT2D eigenvalue weighted by molar-refractivity contribution is -0.0374. The van der Waals surface area contributed by atoms with Crippen LogP contribution >= 0.6 is 0 Å². The standard InChI is InChI=1S/C31H30N6O3/c1-31(2,3)23-12-8-20(9-13-23)29(38)34-25-7-5-6-22(18-25)26-19-37-17-16-32-28(37)27(35-26)33-24-14-10-21(11-15-24)30(39)36(4)40/h5-19,40H,1-4H3,(H,33,35)(H,34,38). The minimum absolute atomic E-state index is 0.0137. The van der Waals surface area contributed by atoms with E-state index in [4.69, 9.17) is 4.98 Å². The Kier molecular flexibility index (Phi) is 7.06. The van der Waals surface area contributed by atoms with E-state index in [2.05, 4.69) is 36.4 Å². The molecule has 5 rings (SSSR count). The van der Waals surface area contributed by atoms with Crippen LogP contribution in [0.25, 0.3) is 16.9 Å². The van der Waals surface area contributed by atoms with E-state index in [1.807, 2.05) is 65.3 Å². The summed E-state index contributed by atoms with van der Waals surface area (Å²) in [5.41, 5.74) is 5.58. The lowest BCUT2D eigenvalue weighted by Gasteiger charge is -2.19. The number of nitrogens with zero attached hydrogens (tertiary/aromatic N) is 4. The van der Waals surface area contributed by atoms with Gasteiger partial charge in [-0.05, 0) is 59.5 Å². The smallest absolute Gasteiger partial charge is 0.276 e. The molecular formula is C31H30N6O3. The van der Waals surface area contributed by atoms with Crippen molar-refractivity contribution in [1.29, 1.82) is 0 Å². The normalized spacial score (nSPS) is 11.3. The summed E-state index contributed by atoms with van der Waals surface area (Å²) in [5, 5.41) is 16.2. The summed E-state index contributed by atoms with van der Waals surface area (Å²) >= 11 is 0. The number of imidazole rings is 1. The Morgan fingerprint density at radius 2 is 1.62 bits per heavy atom. The van der Waals surface area contributed by atoms with Crippen LogP contribution in [0.5, 0.6) is 0 Å². The van der Waals surface area contributed by atoms with Crippen molar-refractivity contribution in [3.05, 3.63) is 108 Å². The van der Waals surface area contributed by atoms with Crippen molar-refractivity contribution in [3.8, 4) is 11.3 Å². The molecule has 202 valence electrons. The summed E-state index contributed by atoms with van der Waals surface area (Å²) < 4.78 is 1.87. The van der Waals surface area contributed by atoms with E-state index in [0.29, 0.717) is 44.7 Å². The third-order valence-corrected chi connectivity index (χ3v) is 6.49. The minimum atomic E-state index is -0.504. The molecule has 2 amide bonds. The zero-order valence-corrected chi connectivity index (χ0v) is 22.7. The average molecular weight is 535 g/mol. The Balaban J connectivity index is 1.39. The first-order chi connectivity index (χ1) is 19.1. The summed E-state index contributed by atoms with van der Waals surface area (Å²) in [6.07, 6.45) is 5.39. The molecule has 9 nitrogen and oxygen atoms in total. The number of nitrogens with one attached hydrogen (secondary N) is 2. The molecule has 40 heavy (non-hydrogen) atoms. The van der Waals surface area contributed by atoms with Gasteiger partial charge in [0.1, 0.15) is 0 Å². The van der Waals surface area contributed by atoms with E-state index in [-0.39, 0.29) is 11.3 Å². The molecule has 2 aromatic heterocycles. The van der Waals surface area contributed by atoms with Crippen LogP contribution in [0.15, 0.2) is 91.4 Å². The monoisotopic (exact) mass is 534 g/mol. The van der Waals surface area contributed by atoms with Gasteiger partial charge in [-0.3, -0.25) is 14.8 Å². The molecule has 0 saturated heterocycles. The first kappa shape index (κ1) is 26.6. The lowest BCUT2D eigenvalue weighted by atomic mass is 9.87. The number of amides is 2. The second-order valence-corrected chi connectivity index (χ2v) is 10.5. The van der Waals surface area contributed by atoms with E-state index in [1.54, 1.807) is 30.5 Å². The van der Waals surface area contributed by atoms with Gasteiger partial charge in [-0.25, -0.2) is 15.0 Å². The molecule has 0 aliphatic rings. The second-order valence-electron chi connectivity index (χ2n) is 10.5. The van der Waals surface area contributed by atoms with E-state index < -0.39 is 5.91 Å². The van der Waals surface area contributed by atoms with Crippen molar-refractivity contribution in [3.63, 3.8) is 0 Å². The number of fused-ring (bicyclic) bond motifs is 1. The minimum Gasteiger partial charge on any atom is -0.337 e. The van der Waals surface area contributed by atoms with Crippen LogP contribution in [0.3, 0.4) is 0 Å². The lowest BCUT2D eigenvalue weighted by Crippen LogP contribution is -2.22. The van der Waals surface area contributed by atoms with Crippen molar-refractivity contribution in [2.45, 2.75) is 26.2 Å². The number of hydrogen-bond donors (Lipinski definition) is 3. The molecule has 3 N–H and O–H groups in total. The van der Waals surface area contributed by atoms with Crippen LogP contribution in [0.1, 0.15) is 47.1 Å². The van der Waals surface area contributed by atoms with Crippen LogP contribution in [0.2, 0.25) is 0 Å². The van der Waals surface area contributed by atoms with Gasteiger partial charge in [0.15, 0.2) is 11.5 Å². The van der Waals surface area contributed by atoms with Crippen molar-refractivity contribution < 1.29 is 14.8 Å². The molecule has 9 heteroatoms. The number of anilines is 3. The van der Waals surface area contributed by atoms with Gasteiger partial charge >= 0.3 is 0 Å². The number of carbonyl (C=O) groups excluding carboxylic acids is 2. The molecule has 0 unspecified atom stereocenters. The fraction of sp³-hybridized carbons (Fsp3) is 0.161. The summed E-state index contributed by atoms with van der Waals surface area (Å²) in [5.74, 6) is -0.169. The van der Waals surface area contributed by atoms with E-state index in [1.165, 1.54) is 12.6 Å². The fourth-order valence-corrected chi connectivity index (χ4v) is 4.26.